The molecule has 1 aromatic rings. The summed E-state index contributed by atoms with van der Waals surface area (Å²) in [4.78, 5) is 2.08. The second-order valence-electron chi connectivity index (χ2n) is 5.34. The van der Waals surface area contributed by atoms with Gasteiger partial charge in [-0.25, -0.2) is 8.42 Å². The van der Waals surface area contributed by atoms with Crippen LogP contribution in [0.5, 0.6) is 0 Å². The number of hydrogen-bond donors (Lipinski definition) is 0. The maximum Gasteiger partial charge on any atom is 0.148 e. The van der Waals surface area contributed by atoms with Crippen LogP contribution in [0.2, 0.25) is 5.02 Å². The number of benzene rings is 1. The molecule has 3 nitrogen and oxygen atoms in total. The molecule has 0 N–H and O–H groups in total. The minimum atomic E-state index is -2.94. The molecule has 108 valence electrons. The molecule has 0 saturated heterocycles. The summed E-state index contributed by atoms with van der Waals surface area (Å²) in [5.74, 6) is 0.497. The van der Waals surface area contributed by atoms with Crippen molar-refractivity contribution < 1.29 is 8.42 Å². The molecular formula is C14H22ClNO2S. The van der Waals surface area contributed by atoms with Gasteiger partial charge in [0.25, 0.3) is 0 Å². The molecular weight excluding hydrogens is 282 g/mol. The van der Waals surface area contributed by atoms with Crippen molar-refractivity contribution in [2.45, 2.75) is 25.8 Å². The Kier molecular flexibility index (Phi) is 5.83. The van der Waals surface area contributed by atoms with Crippen LogP contribution in [-0.4, -0.2) is 45.0 Å². The standard InChI is InChI=1S/C14H22ClNO2S/c1-11(13-6-5-7-14(15)8-13)9-16(3)12(2)10-19(4,17)18/h5-8,11-12H,9-10H2,1-4H3/t11-,12-/m1/s1. The molecule has 0 bridgehead atoms. The van der Waals surface area contributed by atoms with E-state index in [2.05, 4.69) is 11.8 Å². The van der Waals surface area contributed by atoms with Gasteiger partial charge in [0.15, 0.2) is 0 Å². The summed E-state index contributed by atoms with van der Waals surface area (Å²) in [5, 5.41) is 0.733. The Labute approximate surface area is 121 Å². The van der Waals surface area contributed by atoms with Crippen LogP contribution in [-0.2, 0) is 9.84 Å². The molecule has 1 aromatic carbocycles. The first-order valence-electron chi connectivity index (χ1n) is 6.32. The Balaban J connectivity index is 2.63. The van der Waals surface area contributed by atoms with Crippen molar-refractivity contribution in [2.24, 2.45) is 0 Å². The van der Waals surface area contributed by atoms with Crippen molar-refractivity contribution >= 4 is 21.4 Å². The maximum absolute atomic E-state index is 11.3. The lowest BCUT2D eigenvalue weighted by Crippen LogP contribution is -2.37. The molecule has 5 heteroatoms. The molecule has 1 rings (SSSR count). The van der Waals surface area contributed by atoms with Gasteiger partial charge in [0, 0.05) is 23.9 Å². The molecule has 0 aliphatic rings. The average Bonchev–Trinajstić information content (AvgIpc) is 2.26. The lowest BCUT2D eigenvalue weighted by Gasteiger charge is -2.27. The van der Waals surface area contributed by atoms with Gasteiger partial charge in [0.05, 0.1) is 5.75 Å². The molecule has 0 heterocycles. The number of rotatable bonds is 6. The summed E-state index contributed by atoms with van der Waals surface area (Å²) in [7, 11) is -0.983. The quantitative estimate of drug-likeness (QED) is 0.811. The molecule has 0 fully saturated rings. The average molecular weight is 304 g/mol. The molecule has 0 saturated carbocycles. The largest absolute Gasteiger partial charge is 0.302 e. The van der Waals surface area contributed by atoms with E-state index in [1.807, 2.05) is 38.2 Å². The second-order valence-corrected chi connectivity index (χ2v) is 7.96. The molecule has 0 amide bonds. The van der Waals surface area contributed by atoms with Gasteiger partial charge < -0.3 is 4.90 Å². The number of hydrogen-bond acceptors (Lipinski definition) is 3. The fourth-order valence-corrected chi connectivity index (χ4v) is 3.43. The van der Waals surface area contributed by atoms with Gasteiger partial charge >= 0.3 is 0 Å². The monoisotopic (exact) mass is 303 g/mol. The van der Waals surface area contributed by atoms with Crippen LogP contribution in [0.4, 0.5) is 0 Å². The van der Waals surface area contributed by atoms with E-state index < -0.39 is 9.84 Å². The van der Waals surface area contributed by atoms with E-state index in [0.29, 0.717) is 5.92 Å². The first-order chi connectivity index (χ1) is 8.69. The maximum atomic E-state index is 11.3. The topological polar surface area (TPSA) is 37.4 Å². The molecule has 2 atom stereocenters. The lowest BCUT2D eigenvalue weighted by molar-refractivity contribution is 0.262. The normalized spacial score (nSPS) is 15.5. The summed E-state index contributed by atoms with van der Waals surface area (Å²) >= 11 is 5.98. The Bertz CT molecular complexity index is 516. The fraction of sp³-hybridized carbons (Fsp3) is 0.571. The number of likely N-dealkylation sites (N-methyl/N-ethyl adjacent to an activating group) is 1. The van der Waals surface area contributed by atoms with E-state index in [1.165, 1.54) is 11.8 Å². The van der Waals surface area contributed by atoms with Gasteiger partial charge in [-0.2, -0.15) is 0 Å². The van der Waals surface area contributed by atoms with Crippen molar-refractivity contribution in [3.63, 3.8) is 0 Å². The third-order valence-corrected chi connectivity index (χ3v) is 4.60. The molecule has 0 radical (unpaired) electrons. The van der Waals surface area contributed by atoms with Crippen LogP contribution in [0, 0.1) is 0 Å². The molecule has 0 aliphatic heterocycles. The van der Waals surface area contributed by atoms with E-state index in [0.717, 1.165) is 11.6 Å². The van der Waals surface area contributed by atoms with Crippen LogP contribution < -0.4 is 0 Å². The Morgan fingerprint density at radius 1 is 1.32 bits per heavy atom. The molecule has 19 heavy (non-hydrogen) atoms. The minimum absolute atomic E-state index is 0.0108. The minimum Gasteiger partial charge on any atom is -0.302 e. The summed E-state index contributed by atoms with van der Waals surface area (Å²) in [6, 6.07) is 7.81. The van der Waals surface area contributed by atoms with Crippen LogP contribution in [0.25, 0.3) is 0 Å². The predicted molar refractivity (Wildman–Crippen MR) is 81.7 cm³/mol. The van der Waals surface area contributed by atoms with E-state index in [9.17, 15) is 8.42 Å². The number of nitrogens with zero attached hydrogens (tertiary/aromatic N) is 1. The summed E-state index contributed by atoms with van der Waals surface area (Å²) in [6.07, 6.45) is 1.28. The van der Waals surface area contributed by atoms with Gasteiger partial charge in [-0.15, -0.1) is 0 Å². The van der Waals surface area contributed by atoms with Gasteiger partial charge in [-0.3, -0.25) is 0 Å². The van der Waals surface area contributed by atoms with Crippen LogP contribution in [0.3, 0.4) is 0 Å². The number of sulfone groups is 1. The first-order valence-corrected chi connectivity index (χ1v) is 8.76. The Hall–Kier alpha value is -0.580. The Morgan fingerprint density at radius 3 is 2.47 bits per heavy atom. The van der Waals surface area contributed by atoms with Crippen molar-refractivity contribution in [3.05, 3.63) is 34.9 Å². The summed E-state index contributed by atoms with van der Waals surface area (Å²) in [6.45, 7) is 4.86. The van der Waals surface area contributed by atoms with Gasteiger partial charge in [0.1, 0.15) is 9.84 Å². The van der Waals surface area contributed by atoms with Gasteiger partial charge in [-0.05, 0) is 37.6 Å². The van der Waals surface area contributed by atoms with Crippen molar-refractivity contribution in [3.8, 4) is 0 Å². The fourth-order valence-electron chi connectivity index (χ4n) is 2.10. The summed E-state index contributed by atoms with van der Waals surface area (Å²) < 4.78 is 22.6. The van der Waals surface area contributed by atoms with E-state index in [-0.39, 0.29) is 11.8 Å². The predicted octanol–water partition coefficient (Wildman–Crippen LogP) is 2.81. The third kappa shape index (κ3) is 5.93. The van der Waals surface area contributed by atoms with Crippen LogP contribution in [0.1, 0.15) is 25.3 Å². The highest BCUT2D eigenvalue weighted by molar-refractivity contribution is 7.90. The van der Waals surface area contributed by atoms with Gasteiger partial charge in [0.2, 0.25) is 0 Å². The van der Waals surface area contributed by atoms with Crippen molar-refractivity contribution in [1.29, 1.82) is 0 Å². The number of halogens is 1. The first kappa shape index (κ1) is 16.5. The van der Waals surface area contributed by atoms with E-state index in [1.54, 1.807) is 0 Å². The van der Waals surface area contributed by atoms with Crippen LogP contribution >= 0.6 is 11.6 Å². The molecule has 0 aliphatic carbocycles. The van der Waals surface area contributed by atoms with E-state index >= 15 is 0 Å². The zero-order valence-corrected chi connectivity index (χ0v) is 13.5. The summed E-state index contributed by atoms with van der Waals surface area (Å²) in [5.41, 5.74) is 1.17. The van der Waals surface area contributed by atoms with Crippen LogP contribution in [0.15, 0.2) is 24.3 Å². The third-order valence-electron chi connectivity index (χ3n) is 3.28. The molecule has 0 unspecified atom stereocenters. The highest BCUT2D eigenvalue weighted by Gasteiger charge is 2.17. The smallest absolute Gasteiger partial charge is 0.148 e. The highest BCUT2D eigenvalue weighted by atomic mass is 35.5. The Morgan fingerprint density at radius 2 is 1.95 bits per heavy atom. The molecule has 0 spiro atoms. The zero-order valence-electron chi connectivity index (χ0n) is 11.9. The zero-order chi connectivity index (χ0) is 14.6. The van der Waals surface area contributed by atoms with Crippen molar-refractivity contribution in [2.75, 3.05) is 25.6 Å². The van der Waals surface area contributed by atoms with Gasteiger partial charge in [-0.1, -0.05) is 30.7 Å². The van der Waals surface area contributed by atoms with E-state index in [4.69, 9.17) is 11.6 Å². The molecule has 0 aromatic heterocycles. The lowest BCUT2D eigenvalue weighted by atomic mass is 10.0. The second kappa shape index (κ2) is 6.73. The van der Waals surface area contributed by atoms with Crippen molar-refractivity contribution in [1.82, 2.24) is 4.90 Å². The SMILES string of the molecule is C[C@H](CN(C)[C@H](C)CS(C)(=O)=O)c1cccc(Cl)c1. The highest BCUT2D eigenvalue weighted by Crippen LogP contribution is 2.20.